The minimum absolute atomic E-state index is 0.0248. The van der Waals surface area contributed by atoms with E-state index < -0.39 is 0 Å². The number of likely N-dealkylation sites (tertiary alicyclic amines) is 1. The Bertz CT molecular complexity index is 921. The molecule has 0 radical (unpaired) electrons. The maximum absolute atomic E-state index is 13.0. The molecular formula is C22H26N3O5+. The zero-order valence-electron chi connectivity index (χ0n) is 16.8. The van der Waals surface area contributed by atoms with Crippen LogP contribution in [0.5, 0.6) is 11.5 Å². The minimum atomic E-state index is -0.247. The van der Waals surface area contributed by atoms with Gasteiger partial charge >= 0.3 is 0 Å². The summed E-state index contributed by atoms with van der Waals surface area (Å²) in [4.78, 5) is 30.4. The first-order valence-electron chi connectivity index (χ1n) is 10.5. The Morgan fingerprint density at radius 1 is 1.13 bits per heavy atom. The molecule has 0 bridgehead atoms. The zero-order chi connectivity index (χ0) is 20.5. The molecule has 2 amide bonds. The number of carbonyl (C=O) groups is 2. The molecule has 2 aromatic rings. The van der Waals surface area contributed by atoms with E-state index in [1.54, 1.807) is 11.2 Å². The van der Waals surface area contributed by atoms with Crippen molar-refractivity contribution in [3.63, 3.8) is 0 Å². The molecule has 4 heterocycles. The fourth-order valence-corrected chi connectivity index (χ4v) is 4.50. The third kappa shape index (κ3) is 3.87. The molecule has 0 unspecified atom stereocenters. The number of fused-ring (bicyclic) bond motifs is 1. The van der Waals surface area contributed by atoms with Crippen molar-refractivity contribution in [1.29, 1.82) is 0 Å². The van der Waals surface area contributed by atoms with E-state index in [2.05, 4.69) is 6.07 Å². The number of piperazine rings is 1. The fourth-order valence-electron chi connectivity index (χ4n) is 4.50. The number of rotatable bonds is 5. The lowest BCUT2D eigenvalue weighted by Crippen LogP contribution is -3.13. The molecule has 2 fully saturated rings. The van der Waals surface area contributed by atoms with Gasteiger partial charge in [-0.25, -0.2) is 0 Å². The second kappa shape index (κ2) is 8.02. The topological polar surface area (TPSA) is 76.7 Å². The maximum atomic E-state index is 13.0. The number of nitrogens with one attached hydrogen (secondary N) is 1. The molecular weight excluding hydrogens is 386 g/mol. The van der Waals surface area contributed by atoms with Crippen LogP contribution in [-0.2, 0) is 22.7 Å². The van der Waals surface area contributed by atoms with Crippen molar-refractivity contribution in [2.45, 2.75) is 19.5 Å². The van der Waals surface area contributed by atoms with Gasteiger partial charge in [-0.05, 0) is 30.3 Å². The second-order valence-electron chi connectivity index (χ2n) is 8.19. The van der Waals surface area contributed by atoms with Gasteiger partial charge in [-0.3, -0.25) is 9.59 Å². The summed E-state index contributed by atoms with van der Waals surface area (Å²) in [5.74, 6) is 2.24. The van der Waals surface area contributed by atoms with Crippen molar-refractivity contribution in [2.75, 3.05) is 39.5 Å². The van der Waals surface area contributed by atoms with Crippen LogP contribution in [0, 0.1) is 5.92 Å². The fraction of sp³-hybridized carbons (Fsp3) is 0.455. The van der Waals surface area contributed by atoms with Crippen molar-refractivity contribution < 1.29 is 28.4 Å². The Morgan fingerprint density at radius 3 is 2.77 bits per heavy atom. The average molecular weight is 412 g/mol. The van der Waals surface area contributed by atoms with Gasteiger partial charge in [0.2, 0.25) is 18.6 Å². The molecule has 3 aliphatic heterocycles. The van der Waals surface area contributed by atoms with Crippen LogP contribution in [0.2, 0.25) is 0 Å². The van der Waals surface area contributed by atoms with Crippen LogP contribution in [0.25, 0.3) is 0 Å². The number of benzene rings is 1. The van der Waals surface area contributed by atoms with Gasteiger partial charge in [-0.15, -0.1) is 0 Å². The summed E-state index contributed by atoms with van der Waals surface area (Å²) in [5, 5.41) is 0. The van der Waals surface area contributed by atoms with E-state index in [1.165, 1.54) is 10.5 Å². The number of quaternary nitrogens is 1. The van der Waals surface area contributed by atoms with Crippen molar-refractivity contribution in [3.05, 3.63) is 47.9 Å². The smallest absolute Gasteiger partial charge is 0.231 e. The molecule has 5 rings (SSSR count). The zero-order valence-corrected chi connectivity index (χ0v) is 16.8. The van der Waals surface area contributed by atoms with Crippen LogP contribution in [0.1, 0.15) is 17.7 Å². The van der Waals surface area contributed by atoms with E-state index in [9.17, 15) is 9.59 Å². The summed E-state index contributed by atoms with van der Waals surface area (Å²) < 4.78 is 16.2. The Balaban J connectivity index is 1.12. The first-order chi connectivity index (χ1) is 14.7. The van der Waals surface area contributed by atoms with Crippen LogP contribution in [0.3, 0.4) is 0 Å². The standard InChI is InChI=1S/C22H25N3O5/c26-21-11-17(13-25(21)14-18-2-1-9-28-18)22(27)24-7-5-23(6-8-24)12-16-3-4-19-20(10-16)30-15-29-19/h1-4,9-10,17H,5-8,11-15H2/p+1/t17-/m1/s1. The van der Waals surface area contributed by atoms with Gasteiger partial charge in [0.1, 0.15) is 12.3 Å². The predicted octanol–water partition coefficient (Wildman–Crippen LogP) is 0.284. The third-order valence-electron chi connectivity index (χ3n) is 6.16. The van der Waals surface area contributed by atoms with E-state index in [0.29, 0.717) is 19.5 Å². The Labute approximate surface area is 174 Å². The summed E-state index contributed by atoms with van der Waals surface area (Å²) in [5.41, 5.74) is 1.21. The van der Waals surface area contributed by atoms with Gasteiger partial charge in [0.25, 0.3) is 0 Å². The highest BCUT2D eigenvalue weighted by Gasteiger charge is 2.38. The van der Waals surface area contributed by atoms with Crippen LogP contribution in [0.15, 0.2) is 41.0 Å². The normalized spacial score (nSPS) is 21.5. The number of furan rings is 1. The number of carbonyl (C=O) groups excluding carboxylic acids is 2. The maximum Gasteiger partial charge on any atom is 0.231 e. The molecule has 1 atom stereocenters. The number of amides is 2. The van der Waals surface area contributed by atoms with Crippen molar-refractivity contribution in [2.24, 2.45) is 5.92 Å². The second-order valence-corrected chi connectivity index (χ2v) is 8.19. The van der Waals surface area contributed by atoms with E-state index >= 15 is 0 Å². The molecule has 1 aromatic carbocycles. The summed E-state index contributed by atoms with van der Waals surface area (Å²) >= 11 is 0. The third-order valence-corrected chi connectivity index (χ3v) is 6.16. The highest BCUT2D eigenvalue weighted by Crippen LogP contribution is 2.32. The van der Waals surface area contributed by atoms with E-state index in [1.807, 2.05) is 29.2 Å². The van der Waals surface area contributed by atoms with Gasteiger partial charge in [0.15, 0.2) is 11.5 Å². The van der Waals surface area contributed by atoms with Gasteiger partial charge in [-0.1, -0.05) is 0 Å². The molecule has 0 aliphatic carbocycles. The van der Waals surface area contributed by atoms with Crippen molar-refractivity contribution in [1.82, 2.24) is 9.80 Å². The highest BCUT2D eigenvalue weighted by molar-refractivity contribution is 5.89. The largest absolute Gasteiger partial charge is 0.467 e. The first-order valence-corrected chi connectivity index (χ1v) is 10.5. The number of ether oxygens (including phenoxy) is 2. The minimum Gasteiger partial charge on any atom is -0.467 e. The van der Waals surface area contributed by atoms with Crippen molar-refractivity contribution in [3.8, 4) is 11.5 Å². The highest BCUT2D eigenvalue weighted by atomic mass is 16.7. The van der Waals surface area contributed by atoms with Crippen LogP contribution in [-0.4, -0.2) is 61.1 Å². The van der Waals surface area contributed by atoms with Gasteiger partial charge < -0.3 is 28.6 Å². The molecule has 1 N–H and O–H groups in total. The van der Waals surface area contributed by atoms with Gasteiger partial charge in [0, 0.05) is 18.5 Å². The van der Waals surface area contributed by atoms with E-state index in [4.69, 9.17) is 13.9 Å². The SMILES string of the molecule is O=C1C[C@@H](C(=O)N2CC[NH+](Cc3ccc4c(c3)OCO4)CC2)CN1Cc1ccco1. The summed E-state index contributed by atoms with van der Waals surface area (Å²) in [6.07, 6.45) is 1.90. The molecule has 0 spiro atoms. The molecule has 8 heteroatoms. The monoisotopic (exact) mass is 412 g/mol. The summed E-state index contributed by atoms with van der Waals surface area (Å²) in [7, 11) is 0. The summed E-state index contributed by atoms with van der Waals surface area (Å²) in [6.45, 7) is 5.34. The average Bonchev–Trinajstić information content (AvgIpc) is 3.50. The lowest BCUT2D eigenvalue weighted by molar-refractivity contribution is -0.917. The number of hydrogen-bond donors (Lipinski definition) is 1. The van der Waals surface area contributed by atoms with Crippen LogP contribution in [0.4, 0.5) is 0 Å². The number of nitrogens with zero attached hydrogens (tertiary/aromatic N) is 2. The van der Waals surface area contributed by atoms with Crippen LogP contribution >= 0.6 is 0 Å². The molecule has 8 nitrogen and oxygen atoms in total. The molecule has 30 heavy (non-hydrogen) atoms. The van der Waals surface area contributed by atoms with E-state index in [-0.39, 0.29) is 24.5 Å². The predicted molar refractivity (Wildman–Crippen MR) is 106 cm³/mol. The molecule has 0 saturated carbocycles. The Kier molecular flexibility index (Phi) is 5.08. The van der Waals surface area contributed by atoms with Gasteiger partial charge in [0.05, 0.1) is 44.9 Å². The molecule has 2 saturated heterocycles. The lowest BCUT2D eigenvalue weighted by atomic mass is 10.1. The Hall–Kier alpha value is -3.00. The molecule has 1 aromatic heterocycles. The molecule has 3 aliphatic rings. The summed E-state index contributed by atoms with van der Waals surface area (Å²) in [6, 6.07) is 9.75. The number of hydrogen-bond acceptors (Lipinski definition) is 5. The van der Waals surface area contributed by atoms with Crippen molar-refractivity contribution >= 4 is 11.8 Å². The quantitative estimate of drug-likeness (QED) is 0.764. The van der Waals surface area contributed by atoms with Crippen LogP contribution < -0.4 is 14.4 Å². The van der Waals surface area contributed by atoms with Gasteiger partial charge in [-0.2, -0.15) is 0 Å². The lowest BCUT2D eigenvalue weighted by Gasteiger charge is -2.33. The van der Waals surface area contributed by atoms with E-state index in [0.717, 1.165) is 50.0 Å². The first kappa shape index (κ1) is 19.0. The Morgan fingerprint density at radius 2 is 1.97 bits per heavy atom. The molecule has 158 valence electrons.